The number of nitrogens with one attached hydrogen (secondary N) is 2. The molecular weight excluding hydrogens is 338 g/mol. The molecule has 2 N–H and O–H groups in total. The largest absolute Gasteiger partial charge is 0.349 e. The maximum Gasteiger partial charge on any atom is 0.250 e. The Morgan fingerprint density at radius 2 is 2.28 bits per heavy atom. The summed E-state index contributed by atoms with van der Waals surface area (Å²) >= 11 is 4.44. The van der Waals surface area contributed by atoms with Crippen LogP contribution in [-0.4, -0.2) is 24.9 Å². The molecule has 18 heavy (non-hydrogen) atoms. The van der Waals surface area contributed by atoms with Gasteiger partial charge in [0.05, 0.1) is 3.79 Å². The van der Waals surface area contributed by atoms with E-state index in [4.69, 9.17) is 0 Å². The molecule has 98 valence electrons. The second kappa shape index (κ2) is 5.96. The predicted molar refractivity (Wildman–Crippen MR) is 74.1 cm³/mol. The number of imidazole rings is 1. The van der Waals surface area contributed by atoms with E-state index in [1.165, 1.54) is 11.3 Å². The maximum atomic E-state index is 11.9. The summed E-state index contributed by atoms with van der Waals surface area (Å²) in [6, 6.07) is 3.31. The van der Waals surface area contributed by atoms with Gasteiger partial charge < -0.3 is 4.98 Å². The highest BCUT2D eigenvalue weighted by Crippen LogP contribution is 2.25. The Morgan fingerprint density at radius 3 is 2.89 bits per heavy atom. The van der Waals surface area contributed by atoms with Crippen LogP contribution in [-0.2, 0) is 16.4 Å². The zero-order chi connectivity index (χ0) is 13.0. The molecule has 0 amide bonds. The van der Waals surface area contributed by atoms with E-state index >= 15 is 0 Å². The summed E-state index contributed by atoms with van der Waals surface area (Å²) in [5.74, 6) is 0.869. The van der Waals surface area contributed by atoms with Crippen molar-refractivity contribution in [3.05, 3.63) is 34.1 Å². The normalized spacial score (nSPS) is 11.8. The number of thiophene rings is 1. The minimum Gasteiger partial charge on any atom is -0.349 e. The third-order valence-corrected chi connectivity index (χ3v) is 5.83. The summed E-state index contributed by atoms with van der Waals surface area (Å²) in [5.41, 5.74) is 0. The van der Waals surface area contributed by atoms with E-state index in [1.54, 1.807) is 24.5 Å². The highest BCUT2D eigenvalue weighted by atomic mass is 79.9. The van der Waals surface area contributed by atoms with E-state index in [2.05, 4.69) is 30.6 Å². The van der Waals surface area contributed by atoms with Gasteiger partial charge in [0.25, 0.3) is 0 Å². The number of halogens is 1. The van der Waals surface area contributed by atoms with Crippen LogP contribution in [0.2, 0.25) is 0 Å². The van der Waals surface area contributed by atoms with Gasteiger partial charge >= 0.3 is 0 Å². The molecule has 2 heterocycles. The van der Waals surface area contributed by atoms with Gasteiger partial charge in [0.1, 0.15) is 10.0 Å². The standard InChI is InChI=1S/C10H12BrN3O2S2/c11-8-3-4-10(17-8)18(15,16)14-5-1-2-9-12-6-7-13-9/h3-4,6-7,14H,1-2,5H2,(H,12,13). The third-order valence-electron chi connectivity index (χ3n) is 2.25. The number of aromatic nitrogens is 2. The Morgan fingerprint density at radius 1 is 1.44 bits per heavy atom. The molecule has 0 bridgehead atoms. The van der Waals surface area contributed by atoms with Crippen molar-refractivity contribution < 1.29 is 8.42 Å². The molecule has 0 aromatic carbocycles. The fourth-order valence-corrected chi connectivity index (χ4v) is 4.54. The smallest absolute Gasteiger partial charge is 0.250 e. The first-order valence-electron chi connectivity index (χ1n) is 5.31. The van der Waals surface area contributed by atoms with Crippen molar-refractivity contribution in [2.24, 2.45) is 0 Å². The molecule has 5 nitrogen and oxygen atoms in total. The molecule has 0 unspecified atom stereocenters. The average molecular weight is 350 g/mol. The number of aromatic amines is 1. The van der Waals surface area contributed by atoms with E-state index in [0.717, 1.165) is 16.0 Å². The van der Waals surface area contributed by atoms with Crippen molar-refractivity contribution in [2.45, 2.75) is 17.1 Å². The average Bonchev–Trinajstić information content (AvgIpc) is 2.95. The van der Waals surface area contributed by atoms with Crippen LogP contribution in [0.15, 0.2) is 32.5 Å². The van der Waals surface area contributed by atoms with Crippen LogP contribution in [0, 0.1) is 0 Å². The van der Waals surface area contributed by atoms with Crippen LogP contribution in [0.25, 0.3) is 0 Å². The fourth-order valence-electron chi connectivity index (χ4n) is 1.41. The van der Waals surface area contributed by atoms with Gasteiger partial charge in [-0.25, -0.2) is 18.1 Å². The Bertz CT molecular complexity index is 592. The Balaban J connectivity index is 1.82. The van der Waals surface area contributed by atoms with Gasteiger partial charge in [-0.15, -0.1) is 11.3 Å². The quantitative estimate of drug-likeness (QED) is 0.784. The first kappa shape index (κ1) is 13.7. The Hall–Kier alpha value is -0.700. The zero-order valence-corrected chi connectivity index (χ0v) is 12.6. The zero-order valence-electron chi connectivity index (χ0n) is 9.39. The minimum absolute atomic E-state index is 0.326. The summed E-state index contributed by atoms with van der Waals surface area (Å²) < 4.78 is 27.4. The van der Waals surface area contributed by atoms with Crippen LogP contribution < -0.4 is 4.72 Å². The monoisotopic (exact) mass is 349 g/mol. The fraction of sp³-hybridized carbons (Fsp3) is 0.300. The molecule has 0 spiro atoms. The summed E-state index contributed by atoms with van der Waals surface area (Å²) in [6.07, 6.45) is 4.87. The summed E-state index contributed by atoms with van der Waals surface area (Å²) in [5, 5.41) is 0. The van der Waals surface area contributed by atoms with Crippen LogP contribution >= 0.6 is 27.3 Å². The molecule has 0 saturated carbocycles. The minimum atomic E-state index is -3.37. The van der Waals surface area contributed by atoms with E-state index in [-0.39, 0.29) is 0 Å². The molecule has 2 aromatic rings. The summed E-state index contributed by atoms with van der Waals surface area (Å²) in [7, 11) is -3.37. The molecule has 8 heteroatoms. The number of nitrogens with zero attached hydrogens (tertiary/aromatic N) is 1. The van der Waals surface area contributed by atoms with Gasteiger partial charge in [-0.05, 0) is 34.5 Å². The molecular formula is C10H12BrN3O2S2. The highest BCUT2D eigenvalue weighted by molar-refractivity contribution is 9.11. The van der Waals surface area contributed by atoms with E-state index < -0.39 is 10.0 Å². The van der Waals surface area contributed by atoms with Gasteiger partial charge in [-0.3, -0.25) is 0 Å². The number of aryl methyl sites for hydroxylation is 1. The Labute approximate surface area is 118 Å². The molecule has 0 fully saturated rings. The number of hydrogen-bond donors (Lipinski definition) is 2. The molecule has 0 saturated heterocycles. The molecule has 0 radical (unpaired) electrons. The lowest BCUT2D eigenvalue weighted by molar-refractivity contribution is 0.580. The lowest BCUT2D eigenvalue weighted by Crippen LogP contribution is -2.24. The first-order chi connectivity index (χ1) is 8.58. The van der Waals surface area contributed by atoms with E-state index in [0.29, 0.717) is 17.2 Å². The highest BCUT2D eigenvalue weighted by Gasteiger charge is 2.15. The van der Waals surface area contributed by atoms with Crippen molar-refractivity contribution >= 4 is 37.3 Å². The molecule has 0 aliphatic carbocycles. The van der Waals surface area contributed by atoms with Crippen LogP contribution in [0.5, 0.6) is 0 Å². The predicted octanol–water partition coefficient (Wildman–Crippen LogP) is 2.14. The first-order valence-corrected chi connectivity index (χ1v) is 8.40. The van der Waals surface area contributed by atoms with Crippen molar-refractivity contribution in [3.8, 4) is 0 Å². The van der Waals surface area contributed by atoms with E-state index in [1.807, 2.05) is 0 Å². The van der Waals surface area contributed by atoms with Gasteiger partial charge in [0.2, 0.25) is 10.0 Å². The van der Waals surface area contributed by atoms with Gasteiger partial charge in [-0.1, -0.05) is 0 Å². The SMILES string of the molecule is O=S(=O)(NCCCc1ncc[nH]1)c1ccc(Br)s1. The second-order valence-corrected chi connectivity index (χ2v) is 8.05. The topological polar surface area (TPSA) is 74.8 Å². The van der Waals surface area contributed by atoms with Gasteiger partial charge in [-0.2, -0.15) is 0 Å². The van der Waals surface area contributed by atoms with Crippen molar-refractivity contribution in [2.75, 3.05) is 6.54 Å². The van der Waals surface area contributed by atoms with Crippen molar-refractivity contribution in [1.29, 1.82) is 0 Å². The number of sulfonamides is 1. The molecule has 0 aliphatic rings. The van der Waals surface area contributed by atoms with Crippen molar-refractivity contribution in [3.63, 3.8) is 0 Å². The number of rotatable bonds is 6. The third kappa shape index (κ3) is 3.64. The number of H-pyrrole nitrogens is 1. The molecule has 2 aromatic heterocycles. The van der Waals surface area contributed by atoms with Crippen LogP contribution in [0.4, 0.5) is 0 Å². The lowest BCUT2D eigenvalue weighted by atomic mass is 10.3. The Kier molecular flexibility index (Phi) is 4.55. The number of hydrogen-bond acceptors (Lipinski definition) is 4. The molecule has 2 rings (SSSR count). The van der Waals surface area contributed by atoms with E-state index in [9.17, 15) is 8.42 Å². The molecule has 0 aliphatic heterocycles. The summed E-state index contributed by atoms with van der Waals surface area (Å²) in [4.78, 5) is 7.05. The molecule has 0 atom stereocenters. The lowest BCUT2D eigenvalue weighted by Gasteiger charge is -2.03. The van der Waals surface area contributed by atoms with Crippen LogP contribution in [0.1, 0.15) is 12.2 Å². The maximum absolute atomic E-state index is 11.9. The second-order valence-electron chi connectivity index (χ2n) is 3.60. The van der Waals surface area contributed by atoms with Gasteiger partial charge in [0, 0.05) is 25.4 Å². The van der Waals surface area contributed by atoms with Gasteiger partial charge in [0.15, 0.2) is 0 Å². The summed E-state index contributed by atoms with van der Waals surface area (Å²) in [6.45, 7) is 0.401. The van der Waals surface area contributed by atoms with Crippen LogP contribution in [0.3, 0.4) is 0 Å². The van der Waals surface area contributed by atoms with Crippen molar-refractivity contribution in [1.82, 2.24) is 14.7 Å².